The van der Waals surface area contributed by atoms with E-state index in [1.54, 1.807) is 34.1 Å². The molecule has 1 aromatic carbocycles. The Morgan fingerprint density at radius 1 is 1.16 bits per heavy atom. The van der Waals surface area contributed by atoms with Crippen LogP contribution in [0, 0.1) is 0 Å². The molecule has 0 radical (unpaired) electrons. The van der Waals surface area contributed by atoms with E-state index in [0.717, 1.165) is 11.4 Å². The zero-order valence-electron chi connectivity index (χ0n) is 13.5. The van der Waals surface area contributed by atoms with Crippen molar-refractivity contribution in [1.82, 2.24) is 24.9 Å². The van der Waals surface area contributed by atoms with Gasteiger partial charge in [-0.05, 0) is 24.3 Å². The summed E-state index contributed by atoms with van der Waals surface area (Å²) in [7, 11) is 0. The Hall–Kier alpha value is -3.22. The molecule has 0 aliphatic carbocycles. The Kier molecular flexibility index (Phi) is 4.12. The highest BCUT2D eigenvalue weighted by molar-refractivity contribution is 5.94. The Morgan fingerprint density at radius 3 is 2.76 bits per heavy atom. The second-order valence-corrected chi connectivity index (χ2v) is 5.90. The largest absolute Gasteiger partial charge is 0.487 e. The fraction of sp³-hybridized carbons (Fsp3) is 0.222. The molecule has 0 bridgehead atoms. The molecule has 2 aromatic heterocycles. The van der Waals surface area contributed by atoms with E-state index in [2.05, 4.69) is 15.3 Å². The quantitative estimate of drug-likeness (QED) is 0.712. The summed E-state index contributed by atoms with van der Waals surface area (Å²) in [6.07, 6.45) is 5.12. The van der Waals surface area contributed by atoms with Crippen LogP contribution in [0.2, 0.25) is 0 Å². The fourth-order valence-corrected chi connectivity index (χ4v) is 2.69. The number of nitrogens with zero attached hydrogens (tertiary/aromatic N) is 5. The summed E-state index contributed by atoms with van der Waals surface area (Å²) in [5, 5.41) is 8.29. The molecule has 3 aromatic rings. The van der Waals surface area contributed by atoms with Crippen molar-refractivity contribution in [2.24, 2.45) is 0 Å². The Labute approximate surface area is 144 Å². The van der Waals surface area contributed by atoms with Crippen molar-refractivity contribution in [3.63, 3.8) is 0 Å². The van der Waals surface area contributed by atoms with Crippen LogP contribution >= 0.6 is 0 Å². The van der Waals surface area contributed by atoms with E-state index >= 15 is 0 Å². The zero-order chi connectivity index (χ0) is 17.1. The lowest BCUT2D eigenvalue weighted by Crippen LogP contribution is -2.50. The molecule has 0 spiro atoms. The lowest BCUT2D eigenvalue weighted by molar-refractivity contribution is 0.0498. The Bertz CT molecular complexity index is 844. The first-order valence-electron chi connectivity index (χ1n) is 8.07. The molecule has 1 amide bonds. The number of aromatic nitrogens is 4. The van der Waals surface area contributed by atoms with Crippen molar-refractivity contribution >= 4 is 5.91 Å². The molecule has 0 N–H and O–H groups in total. The van der Waals surface area contributed by atoms with E-state index in [9.17, 15) is 4.79 Å². The highest BCUT2D eigenvalue weighted by Crippen LogP contribution is 2.22. The maximum atomic E-state index is 12.3. The van der Waals surface area contributed by atoms with Gasteiger partial charge in [-0.2, -0.15) is 0 Å². The molecule has 7 nitrogen and oxygen atoms in total. The van der Waals surface area contributed by atoms with Gasteiger partial charge in [0.25, 0.3) is 5.91 Å². The van der Waals surface area contributed by atoms with Crippen molar-refractivity contribution in [1.29, 1.82) is 0 Å². The van der Waals surface area contributed by atoms with E-state index in [1.807, 2.05) is 36.5 Å². The first kappa shape index (κ1) is 15.3. The van der Waals surface area contributed by atoms with Gasteiger partial charge in [0.15, 0.2) is 0 Å². The average Bonchev–Trinajstić information content (AvgIpc) is 3.09. The van der Waals surface area contributed by atoms with Crippen LogP contribution in [0.5, 0.6) is 5.75 Å². The van der Waals surface area contributed by atoms with Crippen LogP contribution in [0.25, 0.3) is 0 Å². The van der Waals surface area contributed by atoms with E-state index < -0.39 is 0 Å². The summed E-state index contributed by atoms with van der Waals surface area (Å²) in [5.41, 5.74) is 1.37. The number of para-hydroxylation sites is 1. The first-order valence-corrected chi connectivity index (χ1v) is 8.07. The smallest absolute Gasteiger partial charge is 0.255 e. The third-order valence-corrected chi connectivity index (χ3v) is 4.12. The van der Waals surface area contributed by atoms with Gasteiger partial charge in [0.2, 0.25) is 0 Å². The molecule has 0 atom stereocenters. The number of likely N-dealkylation sites (tertiary alicyclic amines) is 1. The minimum absolute atomic E-state index is 0.00269. The Balaban J connectivity index is 1.31. The van der Waals surface area contributed by atoms with E-state index in [0.29, 0.717) is 25.3 Å². The van der Waals surface area contributed by atoms with Crippen LogP contribution in [0.15, 0.2) is 61.1 Å². The minimum Gasteiger partial charge on any atom is -0.487 e. The second kappa shape index (κ2) is 6.72. The van der Waals surface area contributed by atoms with Crippen molar-refractivity contribution in [3.8, 4) is 5.75 Å². The van der Waals surface area contributed by atoms with Crippen LogP contribution in [-0.2, 0) is 6.61 Å². The summed E-state index contributed by atoms with van der Waals surface area (Å²) in [6.45, 7) is 1.61. The first-order chi connectivity index (χ1) is 12.3. The molecule has 1 saturated heterocycles. The topological polar surface area (TPSA) is 73.1 Å². The molecule has 0 unspecified atom stereocenters. The van der Waals surface area contributed by atoms with Gasteiger partial charge in [-0.15, -0.1) is 5.10 Å². The minimum atomic E-state index is -0.00269. The molecule has 1 fully saturated rings. The lowest BCUT2D eigenvalue weighted by atomic mass is 10.1. The number of ether oxygens (including phenoxy) is 1. The number of carbonyl (C=O) groups is 1. The molecular formula is C18H17N5O2. The van der Waals surface area contributed by atoms with Crippen LogP contribution in [0.3, 0.4) is 0 Å². The fourth-order valence-electron chi connectivity index (χ4n) is 2.69. The number of hydrogen-bond acceptors (Lipinski definition) is 5. The van der Waals surface area contributed by atoms with Crippen LogP contribution in [0.1, 0.15) is 22.1 Å². The van der Waals surface area contributed by atoms with Crippen LogP contribution < -0.4 is 4.74 Å². The normalized spacial score (nSPS) is 14.2. The van der Waals surface area contributed by atoms with Gasteiger partial charge in [-0.3, -0.25) is 9.78 Å². The van der Waals surface area contributed by atoms with E-state index in [-0.39, 0.29) is 11.9 Å². The Morgan fingerprint density at radius 2 is 2.00 bits per heavy atom. The molecule has 7 heteroatoms. The standard InChI is InChI=1S/C18H17N5O2/c24-18(14-5-4-8-19-9-14)22-11-16(12-22)23-10-15(20-21-23)13-25-17-6-2-1-3-7-17/h1-10,16H,11-13H2. The maximum absolute atomic E-state index is 12.3. The summed E-state index contributed by atoms with van der Waals surface area (Å²) < 4.78 is 7.47. The molecule has 126 valence electrons. The van der Waals surface area contributed by atoms with Gasteiger partial charge in [-0.1, -0.05) is 23.4 Å². The van der Waals surface area contributed by atoms with Gasteiger partial charge in [-0.25, -0.2) is 4.68 Å². The summed E-state index contributed by atoms with van der Waals surface area (Å²) in [4.78, 5) is 18.1. The molecular weight excluding hydrogens is 318 g/mol. The second-order valence-electron chi connectivity index (χ2n) is 5.90. The third kappa shape index (κ3) is 3.35. The molecule has 25 heavy (non-hydrogen) atoms. The summed E-state index contributed by atoms with van der Waals surface area (Å²) in [6, 6.07) is 13.3. The third-order valence-electron chi connectivity index (χ3n) is 4.12. The number of rotatable bonds is 5. The van der Waals surface area contributed by atoms with Gasteiger partial charge in [0, 0.05) is 25.5 Å². The molecule has 4 rings (SSSR count). The van der Waals surface area contributed by atoms with Crippen molar-refractivity contribution in [2.75, 3.05) is 13.1 Å². The number of carbonyl (C=O) groups excluding carboxylic acids is 1. The van der Waals surface area contributed by atoms with Crippen molar-refractivity contribution in [2.45, 2.75) is 12.6 Å². The predicted molar refractivity (Wildman–Crippen MR) is 90.0 cm³/mol. The van der Waals surface area contributed by atoms with E-state index in [4.69, 9.17) is 4.74 Å². The van der Waals surface area contributed by atoms with Gasteiger partial charge in [0.05, 0.1) is 17.8 Å². The van der Waals surface area contributed by atoms with Gasteiger partial charge >= 0.3 is 0 Å². The van der Waals surface area contributed by atoms with Gasteiger partial charge in [0.1, 0.15) is 18.1 Å². The lowest BCUT2D eigenvalue weighted by Gasteiger charge is -2.38. The van der Waals surface area contributed by atoms with E-state index in [1.165, 1.54) is 0 Å². The average molecular weight is 335 g/mol. The highest BCUT2D eigenvalue weighted by atomic mass is 16.5. The number of benzene rings is 1. The molecule has 0 saturated carbocycles. The highest BCUT2D eigenvalue weighted by Gasteiger charge is 2.33. The monoisotopic (exact) mass is 335 g/mol. The zero-order valence-corrected chi connectivity index (χ0v) is 13.5. The van der Waals surface area contributed by atoms with Crippen molar-refractivity contribution < 1.29 is 9.53 Å². The van der Waals surface area contributed by atoms with Crippen LogP contribution in [-0.4, -0.2) is 43.9 Å². The number of pyridine rings is 1. The molecule has 1 aliphatic heterocycles. The molecule has 3 heterocycles. The van der Waals surface area contributed by atoms with Gasteiger partial charge < -0.3 is 9.64 Å². The number of amides is 1. The maximum Gasteiger partial charge on any atom is 0.255 e. The number of hydrogen-bond donors (Lipinski definition) is 0. The molecule has 1 aliphatic rings. The van der Waals surface area contributed by atoms with Crippen LogP contribution in [0.4, 0.5) is 0 Å². The summed E-state index contributed by atoms with van der Waals surface area (Å²) >= 11 is 0. The van der Waals surface area contributed by atoms with Crippen molar-refractivity contribution in [3.05, 3.63) is 72.3 Å². The summed E-state index contributed by atoms with van der Waals surface area (Å²) in [5.74, 6) is 0.797. The predicted octanol–water partition coefficient (Wildman–Crippen LogP) is 1.95. The SMILES string of the molecule is O=C(c1cccnc1)N1CC(n2cc(COc3ccccc3)nn2)C1.